The number of nitrogens with zero attached hydrogens (tertiary/aromatic N) is 2. The molecule has 31 heavy (non-hydrogen) atoms. The third-order valence-corrected chi connectivity index (χ3v) is 6.62. The summed E-state index contributed by atoms with van der Waals surface area (Å²) in [5, 5.41) is 0. The van der Waals surface area contributed by atoms with Crippen LogP contribution in [0.1, 0.15) is 102 Å². The summed E-state index contributed by atoms with van der Waals surface area (Å²) in [5.41, 5.74) is 7.04. The summed E-state index contributed by atoms with van der Waals surface area (Å²) < 4.78 is 6.12. The van der Waals surface area contributed by atoms with Crippen molar-refractivity contribution in [2.24, 2.45) is 0 Å². The molecule has 3 nitrogen and oxygen atoms in total. The first-order chi connectivity index (χ1) is 14.6. The molecular formula is C28H52N2O. The summed E-state index contributed by atoms with van der Waals surface area (Å²) in [5.74, 6) is 0. The van der Waals surface area contributed by atoms with Gasteiger partial charge in [0.15, 0.2) is 0 Å². The molecule has 0 aromatic rings. The van der Waals surface area contributed by atoms with Crippen LogP contribution < -0.4 is 0 Å². The van der Waals surface area contributed by atoms with E-state index in [1.54, 1.807) is 0 Å². The van der Waals surface area contributed by atoms with Gasteiger partial charge >= 0.3 is 0 Å². The van der Waals surface area contributed by atoms with Gasteiger partial charge in [0.1, 0.15) is 6.73 Å². The van der Waals surface area contributed by atoms with Crippen molar-refractivity contribution in [3.05, 3.63) is 46.3 Å². The minimum atomic E-state index is 0.105. The van der Waals surface area contributed by atoms with Gasteiger partial charge < -0.3 is 14.5 Å². The first-order valence-electron chi connectivity index (χ1n) is 12.3. The molecule has 0 fully saturated rings. The monoisotopic (exact) mass is 432 g/mol. The van der Waals surface area contributed by atoms with Crippen molar-refractivity contribution >= 4 is 0 Å². The zero-order valence-electron chi connectivity index (χ0n) is 22.7. The third kappa shape index (κ3) is 9.68. The molecular weight excluding hydrogens is 380 g/mol. The molecule has 1 atom stereocenters. The van der Waals surface area contributed by atoms with E-state index >= 15 is 0 Å². The molecule has 0 aliphatic rings. The van der Waals surface area contributed by atoms with Gasteiger partial charge in [-0.05, 0) is 81.1 Å². The van der Waals surface area contributed by atoms with Crippen LogP contribution in [0.25, 0.3) is 0 Å². The molecule has 0 aromatic heterocycles. The Balaban J connectivity index is 5.93. The van der Waals surface area contributed by atoms with E-state index in [0.29, 0.717) is 13.3 Å². The molecule has 3 heteroatoms. The smallest absolute Gasteiger partial charge is 0.119 e. The van der Waals surface area contributed by atoms with Gasteiger partial charge in [-0.1, -0.05) is 55.7 Å². The van der Waals surface area contributed by atoms with Gasteiger partial charge in [0.2, 0.25) is 0 Å². The van der Waals surface area contributed by atoms with Crippen LogP contribution in [0.3, 0.4) is 0 Å². The normalized spacial score (nSPS) is 16.2. The van der Waals surface area contributed by atoms with E-state index in [9.17, 15) is 0 Å². The van der Waals surface area contributed by atoms with Gasteiger partial charge in [0, 0.05) is 23.5 Å². The maximum absolute atomic E-state index is 6.12. The summed E-state index contributed by atoms with van der Waals surface area (Å²) in [6.45, 7) is 27.8. The second kappa shape index (κ2) is 15.3. The Hall–Kier alpha value is -1.48. The minimum absolute atomic E-state index is 0.105. The summed E-state index contributed by atoms with van der Waals surface area (Å²) >= 11 is 0. The Labute approximate surface area is 194 Å². The topological polar surface area (TPSA) is 15.7 Å². The lowest BCUT2D eigenvalue weighted by molar-refractivity contribution is 0.0544. The number of hydrogen-bond acceptors (Lipinski definition) is 3. The van der Waals surface area contributed by atoms with Gasteiger partial charge in [-0.2, -0.15) is 0 Å². The SMILES string of the molecule is C/C=C(\C)CC(C)(CC)N(CC)/C(CN(COC/C(C)=C/CC)/C(C)=C/C)=C(\C)CC. The molecule has 0 heterocycles. The van der Waals surface area contributed by atoms with Gasteiger partial charge in [-0.15, -0.1) is 0 Å². The first-order valence-corrected chi connectivity index (χ1v) is 12.3. The highest BCUT2D eigenvalue weighted by Crippen LogP contribution is 2.33. The highest BCUT2D eigenvalue weighted by Gasteiger charge is 2.32. The predicted molar refractivity (Wildman–Crippen MR) is 139 cm³/mol. The molecule has 1 unspecified atom stereocenters. The standard InChI is InChI=1S/C28H52N2O/c1-12-18-24(8)21-31-22-29(26(10)15-4)20-27(25(9)14-3)30(17-6)28(11,16-5)19-23(7)13-2/h13,15,18H,12,14,16-17,19-22H2,1-11H3/b23-13+,24-18+,26-15+,27-25+. The van der Waals surface area contributed by atoms with Gasteiger partial charge in [0.25, 0.3) is 0 Å². The lowest BCUT2D eigenvalue weighted by atomic mass is 9.87. The average Bonchev–Trinajstić information content (AvgIpc) is 2.76. The van der Waals surface area contributed by atoms with E-state index in [2.05, 4.69) is 104 Å². The van der Waals surface area contributed by atoms with Crippen molar-refractivity contribution in [3.8, 4) is 0 Å². The maximum Gasteiger partial charge on any atom is 0.119 e. The molecule has 0 spiro atoms. The molecule has 0 rings (SSSR count). The van der Waals surface area contributed by atoms with Gasteiger partial charge in [-0.25, -0.2) is 0 Å². The van der Waals surface area contributed by atoms with Crippen LogP contribution in [0.2, 0.25) is 0 Å². The number of rotatable bonds is 15. The molecule has 0 saturated heterocycles. The largest absolute Gasteiger partial charge is 0.368 e. The Bertz CT molecular complexity index is 641. The fourth-order valence-electron chi connectivity index (χ4n) is 4.03. The van der Waals surface area contributed by atoms with E-state index in [1.807, 2.05) is 0 Å². The second-order valence-electron chi connectivity index (χ2n) is 9.05. The molecule has 0 amide bonds. The zero-order chi connectivity index (χ0) is 24.0. The Kier molecular flexibility index (Phi) is 14.6. The summed E-state index contributed by atoms with van der Waals surface area (Å²) in [4.78, 5) is 5.05. The second-order valence-corrected chi connectivity index (χ2v) is 9.05. The van der Waals surface area contributed by atoms with Crippen LogP contribution in [0.4, 0.5) is 0 Å². The van der Waals surface area contributed by atoms with Crippen LogP contribution in [-0.2, 0) is 4.74 Å². The molecule has 0 aromatic carbocycles. The lowest BCUT2D eigenvalue weighted by Gasteiger charge is -2.46. The number of hydrogen-bond donors (Lipinski definition) is 0. The zero-order valence-corrected chi connectivity index (χ0v) is 22.7. The Morgan fingerprint density at radius 2 is 1.58 bits per heavy atom. The molecule has 0 bridgehead atoms. The molecule has 0 aliphatic carbocycles. The van der Waals surface area contributed by atoms with Gasteiger partial charge in [0.05, 0.1) is 13.2 Å². The maximum atomic E-state index is 6.12. The number of ether oxygens (including phenoxy) is 1. The van der Waals surface area contributed by atoms with E-state index in [0.717, 1.165) is 38.8 Å². The van der Waals surface area contributed by atoms with Crippen molar-refractivity contribution in [1.29, 1.82) is 0 Å². The summed E-state index contributed by atoms with van der Waals surface area (Å²) in [6.07, 6.45) is 11.0. The molecule has 0 aliphatic heterocycles. The van der Waals surface area contributed by atoms with E-state index < -0.39 is 0 Å². The van der Waals surface area contributed by atoms with Crippen molar-refractivity contribution in [1.82, 2.24) is 9.80 Å². The fourth-order valence-corrected chi connectivity index (χ4v) is 4.03. The quantitative estimate of drug-likeness (QED) is 0.192. The van der Waals surface area contributed by atoms with Crippen LogP contribution in [0, 0.1) is 0 Å². The van der Waals surface area contributed by atoms with Crippen LogP contribution >= 0.6 is 0 Å². The van der Waals surface area contributed by atoms with E-state index in [1.165, 1.54) is 28.1 Å². The average molecular weight is 433 g/mol. The molecule has 180 valence electrons. The molecule has 0 N–H and O–H groups in total. The summed E-state index contributed by atoms with van der Waals surface area (Å²) in [7, 11) is 0. The van der Waals surface area contributed by atoms with Crippen LogP contribution in [0.15, 0.2) is 46.3 Å². The third-order valence-electron chi connectivity index (χ3n) is 6.62. The number of likely N-dealkylation sites (N-methyl/N-ethyl adjacent to an activating group) is 1. The van der Waals surface area contributed by atoms with E-state index in [-0.39, 0.29) is 5.54 Å². The van der Waals surface area contributed by atoms with Crippen molar-refractivity contribution in [3.63, 3.8) is 0 Å². The fraction of sp³-hybridized carbons (Fsp3) is 0.714. The lowest BCUT2D eigenvalue weighted by Crippen LogP contribution is -2.48. The van der Waals surface area contributed by atoms with Crippen LogP contribution in [0.5, 0.6) is 0 Å². The van der Waals surface area contributed by atoms with Crippen LogP contribution in [-0.4, -0.2) is 41.8 Å². The highest BCUT2D eigenvalue weighted by atomic mass is 16.5. The Morgan fingerprint density at radius 3 is 2.03 bits per heavy atom. The van der Waals surface area contributed by atoms with Crippen molar-refractivity contribution in [2.75, 3.05) is 26.4 Å². The first kappa shape index (κ1) is 29.5. The predicted octanol–water partition coefficient (Wildman–Crippen LogP) is 8.07. The Morgan fingerprint density at radius 1 is 0.935 bits per heavy atom. The molecule has 0 radical (unpaired) electrons. The van der Waals surface area contributed by atoms with Crippen molar-refractivity contribution < 1.29 is 4.74 Å². The van der Waals surface area contributed by atoms with E-state index in [4.69, 9.17) is 4.74 Å². The number of allylic oxidation sites excluding steroid dienone is 5. The van der Waals surface area contributed by atoms with Crippen molar-refractivity contribution in [2.45, 2.75) is 107 Å². The molecule has 0 saturated carbocycles. The summed E-state index contributed by atoms with van der Waals surface area (Å²) in [6, 6.07) is 0. The van der Waals surface area contributed by atoms with Gasteiger partial charge in [-0.3, -0.25) is 0 Å². The minimum Gasteiger partial charge on any atom is -0.368 e. The highest BCUT2D eigenvalue weighted by molar-refractivity contribution is 5.19.